The normalized spacial score (nSPS) is 10.0. The van der Waals surface area contributed by atoms with Gasteiger partial charge in [-0.25, -0.2) is 5.01 Å². The van der Waals surface area contributed by atoms with Crippen LogP contribution in [0.3, 0.4) is 0 Å². The number of hydrogen-bond donors (Lipinski definition) is 1. The lowest BCUT2D eigenvalue weighted by Crippen LogP contribution is -2.42. The molecule has 0 aliphatic carbocycles. The molecule has 70 valence electrons. The van der Waals surface area contributed by atoms with Gasteiger partial charge in [0.05, 0.1) is 0 Å². The van der Waals surface area contributed by atoms with Crippen LogP contribution in [0, 0.1) is 0 Å². The van der Waals surface area contributed by atoms with Crippen LogP contribution in [0.15, 0.2) is 12.2 Å². The molecule has 0 aromatic carbocycles. The highest BCUT2D eigenvalue weighted by Gasteiger charge is 2.06. The Balaban J connectivity index is 3.89. The molecule has 0 saturated heterocycles. The summed E-state index contributed by atoms with van der Waals surface area (Å²) in [5.74, 6) is -0.0683. The highest BCUT2D eigenvalue weighted by atomic mass is 16.2. The van der Waals surface area contributed by atoms with Gasteiger partial charge in [-0.1, -0.05) is 27.4 Å². The molecular formula is C9H18N2O. The monoisotopic (exact) mass is 170 g/mol. The van der Waals surface area contributed by atoms with Gasteiger partial charge in [-0.05, 0) is 6.42 Å². The third-order valence-corrected chi connectivity index (χ3v) is 1.77. The maximum absolute atomic E-state index is 11.2. The topological polar surface area (TPSA) is 32.3 Å². The quantitative estimate of drug-likeness (QED) is 0.498. The van der Waals surface area contributed by atoms with Crippen molar-refractivity contribution >= 4 is 5.91 Å². The number of amides is 1. The fraction of sp³-hybridized carbons (Fsp3) is 0.667. The number of carbonyl (C=O) groups is 1. The third kappa shape index (κ3) is 3.53. The minimum Gasteiger partial charge on any atom is -0.285 e. The lowest BCUT2D eigenvalue weighted by atomic mass is 10.2. The molecule has 3 heteroatoms. The van der Waals surface area contributed by atoms with Gasteiger partial charge in [0.25, 0.3) is 5.91 Å². The van der Waals surface area contributed by atoms with E-state index >= 15 is 0 Å². The lowest BCUT2D eigenvalue weighted by molar-refractivity contribution is -0.122. The molecule has 3 nitrogen and oxygen atoms in total. The fourth-order valence-corrected chi connectivity index (χ4v) is 0.765. The molecule has 0 atom stereocenters. The van der Waals surface area contributed by atoms with Crippen LogP contribution in [-0.2, 0) is 4.79 Å². The summed E-state index contributed by atoms with van der Waals surface area (Å²) in [6, 6.07) is 0. The summed E-state index contributed by atoms with van der Waals surface area (Å²) in [6.45, 7) is 11.2. The van der Waals surface area contributed by atoms with Crippen molar-refractivity contribution in [3.05, 3.63) is 12.2 Å². The van der Waals surface area contributed by atoms with Crippen molar-refractivity contribution in [1.29, 1.82) is 0 Å². The summed E-state index contributed by atoms with van der Waals surface area (Å²) in [7, 11) is 0. The summed E-state index contributed by atoms with van der Waals surface area (Å²) in [5, 5.41) is 1.85. The van der Waals surface area contributed by atoms with Crippen molar-refractivity contribution in [1.82, 2.24) is 10.4 Å². The number of hydrogen-bond acceptors (Lipinski definition) is 2. The van der Waals surface area contributed by atoms with Crippen LogP contribution in [0.25, 0.3) is 0 Å². The second kappa shape index (κ2) is 5.77. The van der Waals surface area contributed by atoms with E-state index in [9.17, 15) is 4.79 Å². The second-order valence-corrected chi connectivity index (χ2v) is 2.57. The van der Waals surface area contributed by atoms with Crippen molar-refractivity contribution in [2.75, 3.05) is 13.1 Å². The zero-order valence-corrected chi connectivity index (χ0v) is 8.18. The Morgan fingerprint density at radius 1 is 1.33 bits per heavy atom. The van der Waals surface area contributed by atoms with Crippen LogP contribution in [0.4, 0.5) is 0 Å². The first kappa shape index (κ1) is 11.2. The molecule has 0 unspecified atom stereocenters. The molecule has 0 fully saturated rings. The van der Waals surface area contributed by atoms with Crippen molar-refractivity contribution in [2.45, 2.75) is 27.2 Å². The number of hydrazine groups is 1. The Labute approximate surface area is 74.4 Å². The van der Waals surface area contributed by atoms with Crippen LogP contribution in [-0.4, -0.2) is 24.0 Å². The Morgan fingerprint density at radius 3 is 2.17 bits per heavy atom. The minimum atomic E-state index is -0.0683. The first-order chi connectivity index (χ1) is 5.65. The van der Waals surface area contributed by atoms with E-state index in [1.54, 1.807) is 0 Å². The van der Waals surface area contributed by atoms with E-state index < -0.39 is 0 Å². The molecule has 0 spiro atoms. The summed E-state index contributed by atoms with van der Waals surface area (Å²) >= 11 is 0. The molecular weight excluding hydrogens is 152 g/mol. The lowest BCUT2D eigenvalue weighted by Gasteiger charge is -2.19. The molecule has 0 saturated carbocycles. The highest BCUT2D eigenvalue weighted by Crippen LogP contribution is 1.96. The Kier molecular flexibility index (Phi) is 5.37. The number of rotatable bonds is 5. The standard InChI is InChI=1S/C9H18N2O/c1-5-8(4)9(12)10-11(6-2)7-3/h4-7H2,1-3H3,(H,10,12). The van der Waals surface area contributed by atoms with Crippen LogP contribution >= 0.6 is 0 Å². The SMILES string of the molecule is C=C(CC)C(=O)NN(CC)CC. The molecule has 1 amide bonds. The van der Waals surface area contributed by atoms with Crippen molar-refractivity contribution < 1.29 is 4.79 Å². The van der Waals surface area contributed by atoms with Crippen LogP contribution in [0.2, 0.25) is 0 Å². The fourth-order valence-electron chi connectivity index (χ4n) is 0.765. The van der Waals surface area contributed by atoms with Gasteiger partial charge in [0.15, 0.2) is 0 Å². The zero-order valence-electron chi connectivity index (χ0n) is 8.18. The first-order valence-electron chi connectivity index (χ1n) is 4.39. The van der Waals surface area contributed by atoms with Crippen LogP contribution in [0.1, 0.15) is 27.2 Å². The van der Waals surface area contributed by atoms with E-state index in [1.807, 2.05) is 25.8 Å². The zero-order chi connectivity index (χ0) is 9.56. The summed E-state index contributed by atoms with van der Waals surface area (Å²) in [5.41, 5.74) is 3.39. The van der Waals surface area contributed by atoms with Gasteiger partial charge >= 0.3 is 0 Å². The molecule has 0 radical (unpaired) electrons. The van der Waals surface area contributed by atoms with Crippen molar-refractivity contribution in [3.8, 4) is 0 Å². The van der Waals surface area contributed by atoms with E-state index in [0.717, 1.165) is 13.1 Å². The average molecular weight is 170 g/mol. The maximum Gasteiger partial charge on any atom is 0.260 e. The molecule has 0 aliphatic rings. The van der Waals surface area contributed by atoms with E-state index in [-0.39, 0.29) is 5.91 Å². The molecule has 1 N–H and O–H groups in total. The first-order valence-corrected chi connectivity index (χ1v) is 4.39. The Hall–Kier alpha value is -0.830. The summed E-state index contributed by atoms with van der Waals surface area (Å²) < 4.78 is 0. The predicted octanol–water partition coefficient (Wildman–Crippen LogP) is 1.33. The van der Waals surface area contributed by atoms with Crippen molar-refractivity contribution in [3.63, 3.8) is 0 Å². The van der Waals surface area contributed by atoms with Crippen molar-refractivity contribution in [2.24, 2.45) is 0 Å². The Morgan fingerprint density at radius 2 is 1.83 bits per heavy atom. The van der Waals surface area contributed by atoms with Gasteiger partial charge in [-0.2, -0.15) is 0 Å². The summed E-state index contributed by atoms with van der Waals surface area (Å²) in [4.78, 5) is 11.2. The maximum atomic E-state index is 11.2. The molecule has 0 aromatic rings. The molecule has 0 heterocycles. The van der Waals surface area contributed by atoms with E-state index in [2.05, 4.69) is 12.0 Å². The smallest absolute Gasteiger partial charge is 0.260 e. The second-order valence-electron chi connectivity index (χ2n) is 2.57. The third-order valence-electron chi connectivity index (χ3n) is 1.77. The average Bonchev–Trinajstić information content (AvgIpc) is 2.12. The highest BCUT2D eigenvalue weighted by molar-refractivity contribution is 5.92. The van der Waals surface area contributed by atoms with Gasteiger partial charge in [0, 0.05) is 18.7 Å². The molecule has 0 bridgehead atoms. The van der Waals surface area contributed by atoms with Gasteiger partial charge in [0.2, 0.25) is 0 Å². The largest absolute Gasteiger partial charge is 0.285 e. The van der Waals surface area contributed by atoms with E-state index in [1.165, 1.54) is 0 Å². The summed E-state index contributed by atoms with van der Waals surface area (Å²) in [6.07, 6.45) is 0.701. The van der Waals surface area contributed by atoms with E-state index in [4.69, 9.17) is 0 Å². The molecule has 0 rings (SSSR count). The van der Waals surface area contributed by atoms with Gasteiger partial charge in [-0.3, -0.25) is 10.2 Å². The number of nitrogens with zero attached hydrogens (tertiary/aromatic N) is 1. The molecule has 0 aliphatic heterocycles. The van der Waals surface area contributed by atoms with E-state index in [0.29, 0.717) is 12.0 Å². The Bertz CT molecular complexity index is 162. The van der Waals surface area contributed by atoms with Crippen LogP contribution < -0.4 is 5.43 Å². The van der Waals surface area contributed by atoms with Gasteiger partial charge in [-0.15, -0.1) is 0 Å². The number of nitrogens with one attached hydrogen (secondary N) is 1. The number of carbonyl (C=O) groups excluding carboxylic acids is 1. The van der Waals surface area contributed by atoms with Gasteiger partial charge < -0.3 is 0 Å². The van der Waals surface area contributed by atoms with Crippen LogP contribution in [0.5, 0.6) is 0 Å². The predicted molar refractivity (Wildman–Crippen MR) is 50.5 cm³/mol. The van der Waals surface area contributed by atoms with Gasteiger partial charge in [0.1, 0.15) is 0 Å². The molecule has 12 heavy (non-hydrogen) atoms. The molecule has 0 aromatic heterocycles. The minimum absolute atomic E-state index is 0.0683.